The average molecular weight is 297 g/mol. The van der Waals surface area contributed by atoms with E-state index in [1.807, 2.05) is 31.2 Å². The second-order valence-electron chi connectivity index (χ2n) is 5.05. The molecule has 1 aliphatic rings. The summed E-state index contributed by atoms with van der Waals surface area (Å²) in [6, 6.07) is 7.68. The summed E-state index contributed by atoms with van der Waals surface area (Å²) >= 11 is 0. The molecule has 1 heterocycles. The highest BCUT2D eigenvalue weighted by Gasteiger charge is 2.17. The zero-order valence-corrected chi connectivity index (χ0v) is 12.5. The summed E-state index contributed by atoms with van der Waals surface area (Å²) in [7, 11) is 0. The van der Waals surface area contributed by atoms with Gasteiger partial charge in [0.15, 0.2) is 5.78 Å². The van der Waals surface area contributed by atoms with E-state index in [0.717, 1.165) is 25.1 Å². The average Bonchev–Trinajstić information content (AvgIpc) is 2.89. The number of amides is 1. The molecule has 0 saturated carbocycles. The van der Waals surface area contributed by atoms with Crippen molar-refractivity contribution in [3.05, 3.63) is 35.4 Å². The molecule has 0 aliphatic carbocycles. The molecule has 1 saturated heterocycles. The van der Waals surface area contributed by atoms with E-state index in [-0.39, 0.29) is 43.0 Å². The Kier molecular flexibility index (Phi) is 6.68. The normalized spacial score (nSPS) is 17.4. The molecule has 0 aromatic heterocycles. The van der Waals surface area contributed by atoms with Gasteiger partial charge in [-0.1, -0.05) is 29.8 Å². The summed E-state index contributed by atoms with van der Waals surface area (Å²) in [6.45, 7) is 3.77. The summed E-state index contributed by atoms with van der Waals surface area (Å²) in [5.74, 6) is -0.00569. The van der Waals surface area contributed by atoms with Crippen LogP contribution in [0.15, 0.2) is 24.3 Å². The first-order chi connectivity index (χ1) is 9.15. The SMILES string of the molecule is Cc1ccc(C(=O)CCC(=O)NC2CCNC2)cc1.Cl. The Morgan fingerprint density at radius 3 is 2.55 bits per heavy atom. The van der Waals surface area contributed by atoms with Gasteiger partial charge in [0.2, 0.25) is 5.91 Å². The number of hydrogen-bond donors (Lipinski definition) is 2. The predicted molar refractivity (Wildman–Crippen MR) is 81.4 cm³/mol. The first kappa shape index (κ1) is 16.7. The molecule has 1 atom stereocenters. The van der Waals surface area contributed by atoms with E-state index in [1.165, 1.54) is 0 Å². The molecule has 2 N–H and O–H groups in total. The molecule has 4 nitrogen and oxygen atoms in total. The van der Waals surface area contributed by atoms with E-state index in [4.69, 9.17) is 0 Å². The van der Waals surface area contributed by atoms with E-state index in [1.54, 1.807) is 0 Å². The van der Waals surface area contributed by atoms with E-state index in [0.29, 0.717) is 5.56 Å². The van der Waals surface area contributed by atoms with Crippen LogP contribution in [0, 0.1) is 6.92 Å². The zero-order valence-electron chi connectivity index (χ0n) is 11.6. The molecule has 1 aromatic rings. The van der Waals surface area contributed by atoms with Gasteiger partial charge in [-0.2, -0.15) is 0 Å². The second-order valence-corrected chi connectivity index (χ2v) is 5.05. The molecular weight excluding hydrogens is 276 g/mol. The molecule has 0 spiro atoms. The Morgan fingerprint density at radius 1 is 1.25 bits per heavy atom. The van der Waals surface area contributed by atoms with Gasteiger partial charge in [-0.25, -0.2) is 0 Å². The van der Waals surface area contributed by atoms with Crippen molar-refractivity contribution >= 4 is 24.1 Å². The van der Waals surface area contributed by atoms with Crippen molar-refractivity contribution in [2.45, 2.75) is 32.2 Å². The van der Waals surface area contributed by atoms with Crippen LogP contribution in [0.2, 0.25) is 0 Å². The molecule has 1 unspecified atom stereocenters. The number of rotatable bonds is 5. The van der Waals surface area contributed by atoms with Crippen LogP contribution in [0.1, 0.15) is 35.2 Å². The molecule has 0 radical (unpaired) electrons. The van der Waals surface area contributed by atoms with E-state index in [2.05, 4.69) is 10.6 Å². The fourth-order valence-corrected chi connectivity index (χ4v) is 2.19. The fraction of sp³-hybridized carbons (Fsp3) is 0.467. The molecule has 0 bridgehead atoms. The number of hydrogen-bond acceptors (Lipinski definition) is 3. The number of halogens is 1. The number of Topliss-reactive ketones (excluding diaryl/α,β-unsaturated/α-hetero) is 1. The largest absolute Gasteiger partial charge is 0.352 e. The highest BCUT2D eigenvalue weighted by molar-refractivity contribution is 5.97. The smallest absolute Gasteiger partial charge is 0.220 e. The van der Waals surface area contributed by atoms with Crippen molar-refractivity contribution in [3.63, 3.8) is 0 Å². The summed E-state index contributed by atoms with van der Waals surface area (Å²) in [4.78, 5) is 23.6. The summed E-state index contributed by atoms with van der Waals surface area (Å²) in [5, 5.41) is 6.13. The molecule has 5 heteroatoms. The van der Waals surface area contributed by atoms with Gasteiger partial charge in [-0.05, 0) is 19.9 Å². The lowest BCUT2D eigenvalue weighted by Crippen LogP contribution is -2.36. The minimum absolute atomic E-state index is 0. The third-order valence-corrected chi connectivity index (χ3v) is 3.38. The number of ketones is 1. The first-order valence-corrected chi connectivity index (χ1v) is 6.75. The Labute approximate surface area is 125 Å². The Bertz CT molecular complexity index is 453. The minimum Gasteiger partial charge on any atom is -0.352 e. The van der Waals surface area contributed by atoms with Gasteiger partial charge in [0.05, 0.1) is 0 Å². The predicted octanol–water partition coefficient (Wildman–Crippen LogP) is 1.86. The highest BCUT2D eigenvalue weighted by atomic mass is 35.5. The molecule has 1 fully saturated rings. The lowest BCUT2D eigenvalue weighted by molar-refractivity contribution is -0.121. The van der Waals surface area contributed by atoms with Crippen molar-refractivity contribution < 1.29 is 9.59 Å². The zero-order chi connectivity index (χ0) is 13.7. The fourth-order valence-electron chi connectivity index (χ4n) is 2.19. The number of nitrogens with one attached hydrogen (secondary N) is 2. The maximum atomic E-state index is 11.9. The molecule has 1 amide bonds. The van der Waals surface area contributed by atoms with E-state index in [9.17, 15) is 9.59 Å². The van der Waals surface area contributed by atoms with Crippen LogP contribution in [0.4, 0.5) is 0 Å². The van der Waals surface area contributed by atoms with Crippen LogP contribution in [0.25, 0.3) is 0 Å². The monoisotopic (exact) mass is 296 g/mol. The molecule has 20 heavy (non-hydrogen) atoms. The standard InChI is InChI=1S/C15H20N2O2.ClH/c1-11-2-4-12(5-3-11)14(18)6-7-15(19)17-13-8-9-16-10-13;/h2-5,13,16H,6-10H2,1H3,(H,17,19);1H. The third-order valence-electron chi connectivity index (χ3n) is 3.38. The topological polar surface area (TPSA) is 58.2 Å². The van der Waals surface area contributed by atoms with Crippen molar-refractivity contribution in [2.75, 3.05) is 13.1 Å². The maximum absolute atomic E-state index is 11.9. The number of aryl methyl sites for hydroxylation is 1. The van der Waals surface area contributed by atoms with Crippen LogP contribution in [-0.4, -0.2) is 30.8 Å². The summed E-state index contributed by atoms with van der Waals surface area (Å²) < 4.78 is 0. The Morgan fingerprint density at radius 2 is 1.95 bits per heavy atom. The number of carbonyl (C=O) groups is 2. The minimum atomic E-state index is -0.0332. The molecule has 1 aromatic carbocycles. The van der Waals surface area contributed by atoms with Crippen LogP contribution < -0.4 is 10.6 Å². The summed E-state index contributed by atoms with van der Waals surface area (Å²) in [6.07, 6.45) is 1.51. The van der Waals surface area contributed by atoms with Gasteiger partial charge < -0.3 is 10.6 Å². The van der Waals surface area contributed by atoms with Gasteiger partial charge in [-0.3, -0.25) is 9.59 Å². The van der Waals surface area contributed by atoms with Crippen molar-refractivity contribution in [1.82, 2.24) is 10.6 Å². The second kappa shape index (κ2) is 8.02. The molecular formula is C15H21ClN2O2. The van der Waals surface area contributed by atoms with Crippen molar-refractivity contribution in [2.24, 2.45) is 0 Å². The number of benzene rings is 1. The van der Waals surface area contributed by atoms with Crippen LogP contribution >= 0.6 is 12.4 Å². The molecule has 2 rings (SSSR count). The van der Waals surface area contributed by atoms with Gasteiger partial charge in [0.25, 0.3) is 0 Å². The first-order valence-electron chi connectivity index (χ1n) is 6.75. The van der Waals surface area contributed by atoms with Gasteiger partial charge in [0, 0.05) is 31.0 Å². The molecule has 110 valence electrons. The maximum Gasteiger partial charge on any atom is 0.220 e. The van der Waals surface area contributed by atoms with Crippen LogP contribution in [0.3, 0.4) is 0 Å². The Hall–Kier alpha value is -1.39. The lowest BCUT2D eigenvalue weighted by atomic mass is 10.0. The van der Waals surface area contributed by atoms with Gasteiger partial charge >= 0.3 is 0 Å². The highest BCUT2D eigenvalue weighted by Crippen LogP contribution is 2.08. The van der Waals surface area contributed by atoms with Gasteiger partial charge in [-0.15, -0.1) is 12.4 Å². The van der Waals surface area contributed by atoms with E-state index < -0.39 is 0 Å². The third kappa shape index (κ3) is 4.94. The van der Waals surface area contributed by atoms with E-state index >= 15 is 0 Å². The Balaban J connectivity index is 0.00000200. The van der Waals surface area contributed by atoms with Crippen molar-refractivity contribution in [1.29, 1.82) is 0 Å². The number of carbonyl (C=O) groups excluding carboxylic acids is 2. The van der Waals surface area contributed by atoms with Crippen LogP contribution in [0.5, 0.6) is 0 Å². The lowest BCUT2D eigenvalue weighted by Gasteiger charge is -2.10. The van der Waals surface area contributed by atoms with Crippen LogP contribution in [-0.2, 0) is 4.79 Å². The summed E-state index contributed by atoms with van der Waals surface area (Å²) in [5.41, 5.74) is 1.81. The van der Waals surface area contributed by atoms with Gasteiger partial charge in [0.1, 0.15) is 0 Å². The molecule has 1 aliphatic heterocycles. The quantitative estimate of drug-likeness (QED) is 0.816. The van der Waals surface area contributed by atoms with Crippen molar-refractivity contribution in [3.8, 4) is 0 Å².